The summed E-state index contributed by atoms with van der Waals surface area (Å²) in [7, 11) is -2.97. The van der Waals surface area contributed by atoms with Gasteiger partial charge in [-0.2, -0.15) is 0 Å². The molecule has 0 aliphatic carbocycles. The lowest BCUT2D eigenvalue weighted by molar-refractivity contribution is -0.137. The van der Waals surface area contributed by atoms with Gasteiger partial charge in [-0.3, -0.25) is 9.36 Å². The molecule has 5 heteroatoms. The summed E-state index contributed by atoms with van der Waals surface area (Å²) in [6.07, 6.45) is 20.6. The third kappa shape index (κ3) is 19.7. The van der Waals surface area contributed by atoms with Crippen molar-refractivity contribution in [3.63, 3.8) is 0 Å². The molecule has 1 unspecified atom stereocenters. The maximum Gasteiger partial charge on any atom is 0.303 e. The number of unbranched alkanes of at least 4 members (excludes halogenated alkanes) is 14. The Morgan fingerprint density at radius 1 is 0.769 bits per heavy atom. The summed E-state index contributed by atoms with van der Waals surface area (Å²) in [4.78, 5) is 19.8. The minimum absolute atomic E-state index is 0.320. The Kier molecular flexibility index (Phi) is 17.4. The molecule has 0 aliphatic rings. The molecule has 0 spiro atoms. The van der Waals surface area contributed by atoms with Crippen LogP contribution in [0.15, 0.2) is 11.9 Å². The van der Waals surface area contributed by atoms with Crippen LogP contribution in [0.1, 0.15) is 110 Å². The molecule has 0 rings (SSSR count). The third-order valence-electron chi connectivity index (χ3n) is 4.80. The van der Waals surface area contributed by atoms with Crippen LogP contribution in [-0.2, 0) is 9.36 Å². The number of carbonyl (C=O) groups is 1. The van der Waals surface area contributed by atoms with Gasteiger partial charge in [0.1, 0.15) is 0 Å². The number of carboxylic acids is 1. The molecule has 0 aromatic heterocycles. The van der Waals surface area contributed by atoms with Gasteiger partial charge in [0.05, 0.1) is 0 Å². The number of allylic oxidation sites excluding steroid dienone is 1. The van der Waals surface area contributed by atoms with Crippen molar-refractivity contribution in [1.82, 2.24) is 0 Å². The number of rotatable bonds is 19. The van der Waals surface area contributed by atoms with Crippen LogP contribution >= 0.6 is 7.37 Å². The lowest BCUT2D eigenvalue weighted by Crippen LogP contribution is -1.93. The van der Waals surface area contributed by atoms with Gasteiger partial charge in [-0.1, -0.05) is 90.0 Å². The summed E-state index contributed by atoms with van der Waals surface area (Å²) in [5.74, 6) is 0.829. The van der Waals surface area contributed by atoms with Crippen molar-refractivity contribution in [1.29, 1.82) is 0 Å². The fourth-order valence-corrected chi connectivity index (χ4v) is 3.69. The van der Waals surface area contributed by atoms with Crippen LogP contribution in [0.5, 0.6) is 0 Å². The first-order valence-electron chi connectivity index (χ1n) is 10.7. The molecule has 0 aliphatic heterocycles. The number of carboxylic acid groups (broad SMARTS) is 1. The van der Waals surface area contributed by atoms with Crippen molar-refractivity contribution in [3.05, 3.63) is 11.9 Å². The molecule has 0 amide bonds. The highest BCUT2D eigenvalue weighted by atomic mass is 31.2. The zero-order chi connectivity index (χ0) is 19.5. The molecule has 0 aromatic rings. The molecule has 0 aromatic carbocycles. The van der Waals surface area contributed by atoms with Gasteiger partial charge < -0.3 is 10.00 Å². The topological polar surface area (TPSA) is 74.6 Å². The van der Waals surface area contributed by atoms with Gasteiger partial charge in [0.2, 0.25) is 7.37 Å². The number of hydrogen-bond donors (Lipinski definition) is 2. The van der Waals surface area contributed by atoms with Crippen LogP contribution in [0.3, 0.4) is 0 Å². The normalized spacial score (nSPS) is 13.9. The van der Waals surface area contributed by atoms with E-state index in [9.17, 15) is 14.3 Å². The van der Waals surface area contributed by atoms with E-state index in [2.05, 4.69) is 0 Å². The van der Waals surface area contributed by atoms with E-state index in [1.807, 2.05) is 6.08 Å². The number of aliphatic carboxylic acids is 1. The van der Waals surface area contributed by atoms with E-state index < -0.39 is 13.3 Å². The van der Waals surface area contributed by atoms with Gasteiger partial charge >= 0.3 is 5.97 Å². The van der Waals surface area contributed by atoms with E-state index in [4.69, 9.17) is 5.11 Å². The summed E-state index contributed by atoms with van der Waals surface area (Å²) in [6.45, 7) is 1.75. The van der Waals surface area contributed by atoms with E-state index in [1.54, 1.807) is 6.92 Å². The highest BCUT2D eigenvalue weighted by Gasteiger charge is 2.07. The van der Waals surface area contributed by atoms with Crippen LogP contribution in [0, 0.1) is 0 Å². The SMILES string of the molecule is CCP(=O)(O)C=CCCCCCCCCCCCCCCCCC(=O)O. The molecule has 154 valence electrons. The van der Waals surface area contributed by atoms with Gasteiger partial charge in [-0.05, 0) is 25.1 Å². The van der Waals surface area contributed by atoms with Crippen molar-refractivity contribution in [2.45, 2.75) is 110 Å². The van der Waals surface area contributed by atoms with E-state index in [1.165, 1.54) is 76.4 Å². The Morgan fingerprint density at radius 2 is 1.15 bits per heavy atom. The van der Waals surface area contributed by atoms with Crippen LogP contribution in [0.2, 0.25) is 0 Å². The predicted octanol–water partition coefficient (Wildman–Crippen LogP) is 7.12. The molecule has 0 heterocycles. The van der Waals surface area contributed by atoms with Gasteiger partial charge in [0, 0.05) is 12.6 Å². The standard InChI is InChI=1S/C21H41O4P/c1-2-26(24,25)20-18-16-14-12-10-8-6-4-3-5-7-9-11-13-15-17-19-21(22)23/h18,20H,2-17,19H2,1H3,(H,22,23)(H,24,25). The average Bonchev–Trinajstić information content (AvgIpc) is 2.60. The Bertz CT molecular complexity index is 407. The van der Waals surface area contributed by atoms with Crippen molar-refractivity contribution in [3.8, 4) is 0 Å². The number of hydrogen-bond acceptors (Lipinski definition) is 2. The van der Waals surface area contributed by atoms with Gasteiger partial charge in [0.25, 0.3) is 0 Å². The Morgan fingerprint density at radius 3 is 1.54 bits per heavy atom. The smallest absolute Gasteiger partial charge is 0.303 e. The predicted molar refractivity (Wildman–Crippen MR) is 111 cm³/mol. The van der Waals surface area contributed by atoms with Crippen molar-refractivity contribution in [2.24, 2.45) is 0 Å². The summed E-state index contributed by atoms with van der Waals surface area (Å²) in [6, 6.07) is 0. The van der Waals surface area contributed by atoms with E-state index in [0.29, 0.717) is 12.6 Å². The molecule has 0 bridgehead atoms. The van der Waals surface area contributed by atoms with E-state index >= 15 is 0 Å². The van der Waals surface area contributed by atoms with Gasteiger partial charge in [0.15, 0.2) is 0 Å². The first-order valence-corrected chi connectivity index (χ1v) is 12.6. The zero-order valence-corrected chi connectivity index (χ0v) is 17.7. The molecule has 4 nitrogen and oxygen atoms in total. The molecule has 26 heavy (non-hydrogen) atoms. The van der Waals surface area contributed by atoms with E-state index in [-0.39, 0.29) is 0 Å². The minimum Gasteiger partial charge on any atom is -0.481 e. The summed E-state index contributed by atoms with van der Waals surface area (Å²) in [5.41, 5.74) is 0. The van der Waals surface area contributed by atoms with Crippen molar-refractivity contribution in [2.75, 3.05) is 6.16 Å². The monoisotopic (exact) mass is 388 g/mol. The lowest BCUT2D eigenvalue weighted by Gasteiger charge is -2.03. The molecule has 0 radical (unpaired) electrons. The van der Waals surface area contributed by atoms with Gasteiger partial charge in [-0.15, -0.1) is 0 Å². The molecule has 0 fully saturated rings. The molecule has 0 saturated carbocycles. The van der Waals surface area contributed by atoms with Crippen LogP contribution < -0.4 is 0 Å². The molecule has 1 atom stereocenters. The maximum atomic E-state index is 11.4. The molecular formula is C21H41O4P. The van der Waals surface area contributed by atoms with Crippen LogP contribution in [-0.4, -0.2) is 22.1 Å². The second-order valence-corrected chi connectivity index (χ2v) is 9.78. The Balaban J connectivity index is 3.16. The second-order valence-electron chi connectivity index (χ2n) is 7.34. The highest BCUT2D eigenvalue weighted by Crippen LogP contribution is 2.41. The summed E-state index contributed by atoms with van der Waals surface area (Å²) < 4.78 is 11.4. The van der Waals surface area contributed by atoms with Crippen LogP contribution in [0.25, 0.3) is 0 Å². The van der Waals surface area contributed by atoms with Crippen molar-refractivity contribution < 1.29 is 19.4 Å². The van der Waals surface area contributed by atoms with Crippen molar-refractivity contribution >= 4 is 13.3 Å². The maximum absolute atomic E-state index is 11.4. The summed E-state index contributed by atoms with van der Waals surface area (Å²) in [5, 5.41) is 8.55. The Labute approximate surface area is 160 Å². The highest BCUT2D eigenvalue weighted by molar-refractivity contribution is 7.61. The molecular weight excluding hydrogens is 347 g/mol. The quantitative estimate of drug-likeness (QED) is 0.182. The zero-order valence-electron chi connectivity index (χ0n) is 16.8. The average molecular weight is 389 g/mol. The first-order chi connectivity index (χ1) is 12.5. The largest absolute Gasteiger partial charge is 0.481 e. The molecule has 0 saturated heterocycles. The van der Waals surface area contributed by atoms with Crippen LogP contribution in [0.4, 0.5) is 0 Å². The fraction of sp³-hybridized carbons (Fsp3) is 0.857. The lowest BCUT2D eigenvalue weighted by atomic mass is 10.0. The minimum atomic E-state index is -2.97. The second kappa shape index (κ2) is 17.8. The fourth-order valence-electron chi connectivity index (χ4n) is 3.00. The summed E-state index contributed by atoms with van der Waals surface area (Å²) >= 11 is 0. The third-order valence-corrected chi connectivity index (χ3v) is 6.39. The Hall–Kier alpha value is -0.600. The first kappa shape index (κ1) is 25.4. The molecule has 2 N–H and O–H groups in total. The van der Waals surface area contributed by atoms with Gasteiger partial charge in [-0.25, -0.2) is 0 Å². The van der Waals surface area contributed by atoms with E-state index in [0.717, 1.165) is 25.7 Å².